The Hall–Kier alpha value is -2.70. The first-order valence-corrected chi connectivity index (χ1v) is 7.02. The van der Waals surface area contributed by atoms with E-state index in [-0.39, 0.29) is 46.9 Å². The minimum absolute atomic E-state index is 0.0226. The number of amides is 2. The number of allylic oxidation sites excluding steroid dienone is 2. The van der Waals surface area contributed by atoms with Crippen molar-refractivity contribution in [2.75, 3.05) is 4.90 Å². The molecule has 7 heteroatoms. The van der Waals surface area contributed by atoms with E-state index < -0.39 is 10.7 Å². The number of phenols is 1. The number of carbonyl (C=O) groups is 2. The minimum atomic E-state index is -0.643. The largest absolute Gasteiger partial charge is 0.505 e. The van der Waals surface area contributed by atoms with Crippen LogP contribution in [0.4, 0.5) is 11.4 Å². The Morgan fingerprint density at radius 3 is 2.23 bits per heavy atom. The normalized spacial score (nSPS) is 31.9. The van der Waals surface area contributed by atoms with Crippen molar-refractivity contribution in [2.24, 2.45) is 23.7 Å². The average Bonchev–Trinajstić information content (AvgIpc) is 3.14. The first-order valence-electron chi connectivity index (χ1n) is 7.02. The van der Waals surface area contributed by atoms with E-state index in [1.54, 1.807) is 0 Å². The Morgan fingerprint density at radius 1 is 1.14 bits per heavy atom. The molecule has 0 unspecified atom stereocenters. The molecule has 2 fully saturated rings. The first-order chi connectivity index (χ1) is 10.5. The number of hydrogen-bond donors (Lipinski definition) is 1. The van der Waals surface area contributed by atoms with Gasteiger partial charge in [0.05, 0.1) is 28.5 Å². The number of aromatic hydroxyl groups is 1. The van der Waals surface area contributed by atoms with Gasteiger partial charge in [-0.15, -0.1) is 0 Å². The molecule has 1 aliphatic heterocycles. The summed E-state index contributed by atoms with van der Waals surface area (Å²) in [5.41, 5.74) is -0.267. The van der Waals surface area contributed by atoms with E-state index in [9.17, 15) is 24.8 Å². The monoisotopic (exact) mass is 300 g/mol. The smallest absolute Gasteiger partial charge is 0.273 e. The number of rotatable bonds is 2. The number of benzene rings is 1. The molecule has 1 N–H and O–H groups in total. The molecule has 2 amide bonds. The number of nitro benzene ring substituents is 1. The van der Waals surface area contributed by atoms with Gasteiger partial charge < -0.3 is 5.11 Å². The predicted octanol–water partition coefficient (Wildman–Crippen LogP) is 1.61. The highest BCUT2D eigenvalue weighted by molar-refractivity contribution is 6.23. The van der Waals surface area contributed by atoms with E-state index in [1.165, 1.54) is 12.1 Å². The summed E-state index contributed by atoms with van der Waals surface area (Å²) in [6.45, 7) is 0. The van der Waals surface area contributed by atoms with Crippen LogP contribution in [0.3, 0.4) is 0 Å². The van der Waals surface area contributed by atoms with Gasteiger partial charge in [0.1, 0.15) is 5.75 Å². The fourth-order valence-electron chi connectivity index (χ4n) is 3.95. The molecule has 0 aromatic heterocycles. The van der Waals surface area contributed by atoms with Crippen LogP contribution >= 0.6 is 0 Å². The Labute approximate surface area is 125 Å². The third-order valence-corrected chi connectivity index (χ3v) is 4.88. The number of imide groups is 1. The van der Waals surface area contributed by atoms with E-state index in [0.717, 1.165) is 17.4 Å². The third-order valence-electron chi connectivity index (χ3n) is 4.88. The molecule has 7 nitrogen and oxygen atoms in total. The van der Waals surface area contributed by atoms with Crippen LogP contribution in [0.5, 0.6) is 5.75 Å². The molecule has 2 bridgehead atoms. The molecule has 2 aliphatic carbocycles. The van der Waals surface area contributed by atoms with Crippen LogP contribution in [-0.2, 0) is 9.59 Å². The van der Waals surface area contributed by atoms with Crippen molar-refractivity contribution in [3.05, 3.63) is 40.5 Å². The van der Waals surface area contributed by atoms with Gasteiger partial charge in [-0.3, -0.25) is 19.7 Å². The summed E-state index contributed by atoms with van der Waals surface area (Å²) in [4.78, 5) is 36.2. The second-order valence-electron chi connectivity index (χ2n) is 5.94. The first kappa shape index (κ1) is 13.0. The predicted molar refractivity (Wildman–Crippen MR) is 75.0 cm³/mol. The molecule has 1 aromatic carbocycles. The zero-order chi connectivity index (χ0) is 15.6. The number of non-ortho nitro benzene ring substituents is 1. The summed E-state index contributed by atoms with van der Waals surface area (Å²) in [5.74, 6) is -1.65. The Bertz CT molecular complexity index is 726. The van der Waals surface area contributed by atoms with Crippen LogP contribution < -0.4 is 4.90 Å². The lowest BCUT2D eigenvalue weighted by Gasteiger charge is -2.18. The fourth-order valence-corrected chi connectivity index (χ4v) is 3.95. The summed E-state index contributed by atoms with van der Waals surface area (Å²) in [7, 11) is 0. The highest BCUT2D eigenvalue weighted by Crippen LogP contribution is 2.53. The number of nitrogens with zero attached hydrogens (tertiary/aromatic N) is 2. The zero-order valence-electron chi connectivity index (χ0n) is 11.4. The fraction of sp³-hybridized carbons (Fsp3) is 0.333. The van der Waals surface area contributed by atoms with Crippen molar-refractivity contribution < 1.29 is 19.6 Å². The lowest BCUT2D eigenvalue weighted by Crippen LogP contribution is -2.32. The van der Waals surface area contributed by atoms with Crippen LogP contribution in [0.2, 0.25) is 0 Å². The van der Waals surface area contributed by atoms with Gasteiger partial charge >= 0.3 is 0 Å². The van der Waals surface area contributed by atoms with Crippen molar-refractivity contribution in [2.45, 2.75) is 6.42 Å². The Morgan fingerprint density at radius 2 is 1.73 bits per heavy atom. The van der Waals surface area contributed by atoms with Gasteiger partial charge in [-0.2, -0.15) is 0 Å². The molecule has 1 saturated carbocycles. The standard InChI is InChI=1S/C15H12N2O5/c18-11-6-9(17(21)22)3-4-10(11)16-14(19)12-7-1-2-8(5-7)13(12)15(16)20/h1-4,6-8,12-13,18H,5H2/t7-,8-,12-,13+/m0/s1. The van der Waals surface area contributed by atoms with Crippen molar-refractivity contribution in [3.63, 3.8) is 0 Å². The van der Waals surface area contributed by atoms with Gasteiger partial charge in [-0.25, -0.2) is 4.90 Å². The van der Waals surface area contributed by atoms with Gasteiger partial charge in [0.15, 0.2) is 0 Å². The van der Waals surface area contributed by atoms with Gasteiger partial charge in [-0.1, -0.05) is 12.2 Å². The molecule has 22 heavy (non-hydrogen) atoms. The molecule has 0 spiro atoms. The van der Waals surface area contributed by atoms with Crippen molar-refractivity contribution in [3.8, 4) is 5.75 Å². The van der Waals surface area contributed by atoms with E-state index in [4.69, 9.17) is 0 Å². The molecule has 4 rings (SSSR count). The van der Waals surface area contributed by atoms with Gasteiger partial charge in [0, 0.05) is 6.07 Å². The number of hydrogen-bond acceptors (Lipinski definition) is 5. The molecule has 0 radical (unpaired) electrons. The number of phenolic OH excluding ortho intramolecular Hbond substituents is 1. The van der Waals surface area contributed by atoms with Crippen LogP contribution in [0.1, 0.15) is 6.42 Å². The van der Waals surface area contributed by atoms with E-state index >= 15 is 0 Å². The van der Waals surface area contributed by atoms with Crippen LogP contribution in [0.15, 0.2) is 30.4 Å². The highest BCUT2D eigenvalue weighted by atomic mass is 16.6. The molecule has 1 aromatic rings. The SMILES string of the molecule is O=C1[C@@H]2[C@H](C(=O)N1c1ccc([N+](=O)[O-])cc1O)[C@H]1C=C[C@H]2C1. The zero-order valence-corrected chi connectivity index (χ0v) is 11.4. The van der Waals surface area contributed by atoms with E-state index in [1.807, 2.05) is 12.2 Å². The minimum Gasteiger partial charge on any atom is -0.505 e. The molecular weight excluding hydrogens is 288 g/mol. The number of anilines is 1. The summed E-state index contributed by atoms with van der Waals surface area (Å²) in [6, 6.07) is 3.38. The topological polar surface area (TPSA) is 101 Å². The van der Waals surface area contributed by atoms with Crippen molar-refractivity contribution in [1.82, 2.24) is 0 Å². The molecule has 1 saturated heterocycles. The summed E-state index contributed by atoms with van der Waals surface area (Å²) < 4.78 is 0. The van der Waals surface area contributed by atoms with Crippen LogP contribution in [0, 0.1) is 33.8 Å². The van der Waals surface area contributed by atoms with Gasteiger partial charge in [0.2, 0.25) is 11.8 Å². The van der Waals surface area contributed by atoms with Crippen molar-refractivity contribution in [1.29, 1.82) is 0 Å². The van der Waals surface area contributed by atoms with E-state index in [0.29, 0.717) is 0 Å². The molecular formula is C15H12N2O5. The summed E-state index contributed by atoms with van der Waals surface area (Å²) in [5, 5.41) is 20.7. The number of fused-ring (bicyclic) bond motifs is 5. The number of carbonyl (C=O) groups excluding carboxylic acids is 2. The van der Waals surface area contributed by atoms with Crippen molar-refractivity contribution >= 4 is 23.2 Å². The van der Waals surface area contributed by atoms with Gasteiger partial charge in [-0.05, 0) is 24.3 Å². The van der Waals surface area contributed by atoms with E-state index in [2.05, 4.69) is 0 Å². The third kappa shape index (κ3) is 1.50. The molecule has 1 heterocycles. The number of nitro groups is 1. The Kier molecular flexibility index (Phi) is 2.46. The maximum Gasteiger partial charge on any atom is 0.273 e. The maximum atomic E-state index is 12.6. The molecule has 4 atom stereocenters. The lowest BCUT2D eigenvalue weighted by molar-refractivity contribution is -0.384. The van der Waals surface area contributed by atoms with Crippen LogP contribution in [-0.4, -0.2) is 21.8 Å². The van der Waals surface area contributed by atoms with Crippen LogP contribution in [0.25, 0.3) is 0 Å². The average molecular weight is 300 g/mol. The highest BCUT2D eigenvalue weighted by Gasteiger charge is 2.59. The Balaban J connectivity index is 1.74. The molecule has 3 aliphatic rings. The lowest BCUT2D eigenvalue weighted by atomic mass is 9.85. The van der Waals surface area contributed by atoms with Gasteiger partial charge in [0.25, 0.3) is 5.69 Å². The second-order valence-corrected chi connectivity index (χ2v) is 5.94. The second kappa shape index (κ2) is 4.16. The summed E-state index contributed by atoms with van der Waals surface area (Å²) >= 11 is 0. The summed E-state index contributed by atoms with van der Waals surface area (Å²) in [6.07, 6.45) is 4.79. The molecule has 112 valence electrons. The quantitative estimate of drug-likeness (QED) is 0.387. The maximum absolute atomic E-state index is 12.6.